The number of aryl methyl sites for hydroxylation is 1. The van der Waals surface area contributed by atoms with Crippen LogP contribution < -0.4 is 14.8 Å². The molecule has 0 aromatic heterocycles. The van der Waals surface area contributed by atoms with Gasteiger partial charge in [-0.2, -0.15) is 0 Å². The largest absolute Gasteiger partial charge is 0.484 e. The lowest BCUT2D eigenvalue weighted by Crippen LogP contribution is -2.31. The third-order valence-electron chi connectivity index (χ3n) is 4.56. The zero-order valence-electron chi connectivity index (χ0n) is 17.1. The molecule has 3 rings (SSSR count). The Morgan fingerprint density at radius 2 is 1.58 bits per heavy atom. The van der Waals surface area contributed by atoms with Crippen molar-refractivity contribution >= 4 is 33.2 Å². The Balaban J connectivity index is 1.54. The van der Waals surface area contributed by atoms with E-state index >= 15 is 0 Å². The van der Waals surface area contributed by atoms with E-state index < -0.39 is 10.0 Å². The van der Waals surface area contributed by atoms with E-state index in [1.807, 2.05) is 38.1 Å². The van der Waals surface area contributed by atoms with Crippen molar-refractivity contribution in [1.29, 1.82) is 0 Å². The minimum Gasteiger partial charge on any atom is -0.484 e. The van der Waals surface area contributed by atoms with E-state index in [0.717, 1.165) is 11.1 Å². The van der Waals surface area contributed by atoms with Crippen molar-refractivity contribution in [3.8, 4) is 5.75 Å². The van der Waals surface area contributed by atoms with Crippen LogP contribution in [-0.2, 0) is 14.8 Å². The Kier molecular flexibility index (Phi) is 7.20. The Bertz CT molecular complexity index is 1130. The lowest BCUT2D eigenvalue weighted by molar-refractivity contribution is -0.123. The van der Waals surface area contributed by atoms with Crippen LogP contribution in [-0.4, -0.2) is 20.9 Å². The monoisotopic (exact) mass is 458 g/mol. The summed E-state index contributed by atoms with van der Waals surface area (Å²) in [4.78, 5) is 12.3. The summed E-state index contributed by atoms with van der Waals surface area (Å²) in [5.74, 6) is 0.101. The van der Waals surface area contributed by atoms with Gasteiger partial charge in [-0.15, -0.1) is 0 Å². The van der Waals surface area contributed by atoms with Gasteiger partial charge in [0.1, 0.15) is 5.75 Å². The second kappa shape index (κ2) is 9.85. The van der Waals surface area contributed by atoms with Crippen LogP contribution in [0.15, 0.2) is 77.7 Å². The molecule has 0 aliphatic rings. The molecule has 0 saturated carbocycles. The fraction of sp³-hybridized carbons (Fsp3) is 0.174. The van der Waals surface area contributed by atoms with Gasteiger partial charge in [-0.05, 0) is 67.9 Å². The number of benzene rings is 3. The van der Waals surface area contributed by atoms with E-state index in [1.165, 1.54) is 24.3 Å². The highest BCUT2D eigenvalue weighted by Gasteiger charge is 2.15. The smallest absolute Gasteiger partial charge is 0.261 e. The van der Waals surface area contributed by atoms with Crippen molar-refractivity contribution in [2.24, 2.45) is 0 Å². The Labute approximate surface area is 187 Å². The van der Waals surface area contributed by atoms with Crippen molar-refractivity contribution in [3.63, 3.8) is 0 Å². The first-order chi connectivity index (χ1) is 14.7. The molecule has 0 heterocycles. The van der Waals surface area contributed by atoms with Crippen LogP contribution in [0.3, 0.4) is 0 Å². The molecule has 3 aromatic rings. The SMILES string of the molecule is Cc1ccc(NS(=O)(=O)c2ccc(OCC(=O)NC(C)c3ccc(Cl)cc3)cc2)cc1. The zero-order chi connectivity index (χ0) is 22.4. The van der Waals surface area contributed by atoms with Crippen molar-refractivity contribution in [3.05, 3.63) is 88.9 Å². The molecular weight excluding hydrogens is 436 g/mol. The van der Waals surface area contributed by atoms with Crippen LogP contribution in [0.2, 0.25) is 5.02 Å². The van der Waals surface area contributed by atoms with E-state index in [9.17, 15) is 13.2 Å². The molecule has 6 nitrogen and oxygen atoms in total. The summed E-state index contributed by atoms with van der Waals surface area (Å²) in [6.45, 7) is 3.60. The van der Waals surface area contributed by atoms with Crippen LogP contribution in [0.4, 0.5) is 5.69 Å². The second-order valence-corrected chi connectivity index (χ2v) is 9.19. The summed E-state index contributed by atoms with van der Waals surface area (Å²) < 4.78 is 33.0. The standard InChI is InChI=1S/C23H23ClN2O4S/c1-16-3-9-20(10-4-16)26-31(28,29)22-13-11-21(12-14-22)30-15-23(27)25-17(2)18-5-7-19(24)8-6-18/h3-14,17,26H,15H2,1-2H3,(H,25,27). The average Bonchev–Trinajstić information content (AvgIpc) is 2.74. The normalized spacial score (nSPS) is 12.1. The summed E-state index contributed by atoms with van der Waals surface area (Å²) in [5.41, 5.74) is 2.45. The third kappa shape index (κ3) is 6.47. The molecule has 1 unspecified atom stereocenters. The summed E-state index contributed by atoms with van der Waals surface area (Å²) in [6.07, 6.45) is 0. The number of sulfonamides is 1. The molecule has 1 amide bonds. The van der Waals surface area contributed by atoms with Gasteiger partial charge in [-0.25, -0.2) is 8.42 Å². The van der Waals surface area contributed by atoms with Gasteiger partial charge < -0.3 is 10.1 Å². The molecule has 0 bridgehead atoms. The minimum absolute atomic E-state index is 0.0984. The van der Waals surface area contributed by atoms with E-state index in [1.54, 1.807) is 24.3 Å². The van der Waals surface area contributed by atoms with Gasteiger partial charge in [0.15, 0.2) is 6.61 Å². The first-order valence-corrected chi connectivity index (χ1v) is 11.5. The predicted octanol–water partition coefficient (Wildman–Crippen LogP) is 4.71. The summed E-state index contributed by atoms with van der Waals surface area (Å²) in [5, 5.41) is 3.47. The molecule has 0 spiro atoms. The third-order valence-corrected chi connectivity index (χ3v) is 6.20. The lowest BCUT2D eigenvalue weighted by atomic mass is 10.1. The zero-order valence-corrected chi connectivity index (χ0v) is 18.7. The number of carbonyl (C=O) groups excluding carboxylic acids is 1. The predicted molar refractivity (Wildman–Crippen MR) is 122 cm³/mol. The van der Waals surface area contributed by atoms with Crippen molar-refractivity contribution < 1.29 is 17.9 Å². The van der Waals surface area contributed by atoms with Gasteiger partial charge in [-0.3, -0.25) is 9.52 Å². The fourth-order valence-electron chi connectivity index (χ4n) is 2.82. The molecule has 0 aliphatic carbocycles. The van der Waals surface area contributed by atoms with Crippen molar-refractivity contribution in [1.82, 2.24) is 5.32 Å². The van der Waals surface area contributed by atoms with Gasteiger partial charge in [-0.1, -0.05) is 41.4 Å². The van der Waals surface area contributed by atoms with Gasteiger partial charge in [0.2, 0.25) is 0 Å². The first-order valence-electron chi connectivity index (χ1n) is 9.60. The van der Waals surface area contributed by atoms with Crippen LogP contribution in [0.1, 0.15) is 24.1 Å². The molecule has 2 N–H and O–H groups in total. The van der Waals surface area contributed by atoms with E-state index in [-0.39, 0.29) is 23.5 Å². The molecule has 162 valence electrons. The highest BCUT2D eigenvalue weighted by Crippen LogP contribution is 2.20. The maximum Gasteiger partial charge on any atom is 0.261 e. The molecule has 31 heavy (non-hydrogen) atoms. The molecule has 0 radical (unpaired) electrons. The molecule has 0 aliphatic heterocycles. The maximum atomic E-state index is 12.5. The number of anilines is 1. The van der Waals surface area contributed by atoms with E-state index in [0.29, 0.717) is 16.5 Å². The van der Waals surface area contributed by atoms with Crippen molar-refractivity contribution in [2.45, 2.75) is 24.8 Å². The highest BCUT2D eigenvalue weighted by molar-refractivity contribution is 7.92. The van der Waals surface area contributed by atoms with E-state index in [4.69, 9.17) is 16.3 Å². The Morgan fingerprint density at radius 1 is 0.968 bits per heavy atom. The van der Waals surface area contributed by atoms with Crippen LogP contribution in [0.25, 0.3) is 0 Å². The average molecular weight is 459 g/mol. The highest BCUT2D eigenvalue weighted by atomic mass is 35.5. The second-order valence-electron chi connectivity index (χ2n) is 7.07. The van der Waals surface area contributed by atoms with Gasteiger partial charge in [0.25, 0.3) is 15.9 Å². The van der Waals surface area contributed by atoms with Crippen LogP contribution in [0.5, 0.6) is 5.75 Å². The molecule has 1 atom stereocenters. The number of hydrogen-bond donors (Lipinski definition) is 2. The lowest BCUT2D eigenvalue weighted by Gasteiger charge is -2.15. The Hall–Kier alpha value is -3.03. The molecule has 8 heteroatoms. The van der Waals surface area contributed by atoms with Gasteiger partial charge in [0, 0.05) is 10.7 Å². The minimum atomic E-state index is -3.72. The number of carbonyl (C=O) groups is 1. The number of hydrogen-bond acceptors (Lipinski definition) is 4. The first kappa shape index (κ1) is 22.7. The summed E-state index contributed by atoms with van der Waals surface area (Å²) >= 11 is 5.88. The number of rotatable bonds is 8. The van der Waals surface area contributed by atoms with Gasteiger partial charge in [0.05, 0.1) is 10.9 Å². The van der Waals surface area contributed by atoms with Crippen LogP contribution >= 0.6 is 11.6 Å². The Morgan fingerprint density at radius 3 is 2.19 bits per heavy atom. The number of ether oxygens (including phenoxy) is 1. The topological polar surface area (TPSA) is 84.5 Å². The van der Waals surface area contributed by atoms with E-state index in [2.05, 4.69) is 10.0 Å². The molecular formula is C23H23ClN2O4S. The molecule has 3 aromatic carbocycles. The number of nitrogens with one attached hydrogen (secondary N) is 2. The number of halogens is 1. The summed E-state index contributed by atoms with van der Waals surface area (Å²) in [6, 6.07) is 20.0. The summed E-state index contributed by atoms with van der Waals surface area (Å²) in [7, 11) is -3.72. The fourth-order valence-corrected chi connectivity index (χ4v) is 4.00. The molecule has 0 fully saturated rings. The quantitative estimate of drug-likeness (QED) is 0.512. The maximum absolute atomic E-state index is 12.5. The number of amides is 1. The van der Waals surface area contributed by atoms with Crippen LogP contribution in [0, 0.1) is 6.92 Å². The van der Waals surface area contributed by atoms with Gasteiger partial charge >= 0.3 is 0 Å². The van der Waals surface area contributed by atoms with Crippen molar-refractivity contribution in [2.75, 3.05) is 11.3 Å². The molecule has 0 saturated heterocycles.